The van der Waals surface area contributed by atoms with Crippen LogP contribution in [0.1, 0.15) is 173 Å². The molecule has 1 aliphatic carbocycles. The molecule has 0 bridgehead atoms. The lowest BCUT2D eigenvalue weighted by Crippen LogP contribution is -2.31. The number of H-pyrrole nitrogens is 1. The second-order valence-electron chi connectivity index (χ2n) is 23.6. The number of aromatic amines is 1. The van der Waals surface area contributed by atoms with Gasteiger partial charge in [0.15, 0.2) is 17.0 Å². The van der Waals surface area contributed by atoms with Crippen molar-refractivity contribution >= 4 is 165 Å². The van der Waals surface area contributed by atoms with E-state index < -0.39 is 71.1 Å². The zero-order valence-electron chi connectivity index (χ0n) is 59.7. The number of anilines is 5. The van der Waals surface area contributed by atoms with Crippen LogP contribution in [0, 0.1) is 26.2 Å². The highest BCUT2D eigenvalue weighted by atomic mass is 32.1. The van der Waals surface area contributed by atoms with Crippen molar-refractivity contribution in [2.75, 3.05) is 53.0 Å². The Hall–Kier alpha value is -12.6. The zero-order valence-corrected chi connectivity index (χ0v) is 62.9. The van der Waals surface area contributed by atoms with Gasteiger partial charge >= 0.3 is 24.4 Å². The minimum atomic E-state index is -0.879. The third-order valence-electron chi connectivity index (χ3n) is 14.6. The summed E-state index contributed by atoms with van der Waals surface area (Å²) in [6, 6.07) is 20.1. The molecule has 564 valence electrons. The van der Waals surface area contributed by atoms with E-state index in [0.29, 0.717) is 31.7 Å². The number of ether oxygens (including phenoxy) is 4. The number of hydrogen-bond donors (Lipinski definition) is 10. The Morgan fingerprint density at radius 1 is 0.481 bits per heavy atom. The first-order valence-electron chi connectivity index (χ1n) is 33.0. The monoisotopic (exact) mass is 1550 g/mol. The normalized spacial score (nSPS) is 11.2. The Balaban J connectivity index is 0.000000182. The Morgan fingerprint density at radius 3 is 1.39 bits per heavy atom. The molecule has 0 spiro atoms. The number of fused-ring (bicyclic) bond motifs is 3. The second kappa shape index (κ2) is 37.9. The lowest BCUT2D eigenvalue weighted by atomic mass is 9.96. The molecule has 1 aliphatic rings. The molecular formula is C70H73N17O17S4. The standard InChI is InChI=1S/C18H21N5O5S.C18H19N3O4S.C17H17N5O4S.C17H16N4O4S/c1-5-28-17(27)22-12(24)10-7-9-29-14(10)21-13(25)11-6-8-19-16(20-11)23-15(26)18(2,3)4;1-2-25-18(24)21-15(22)12-9-10-26-17(12)20-16(23)14-8-7-11-5-3-4-6-13(11)19-14;1-4-26-17(25)20-14(23)11-5-6-27-16(11)19-15(24)12-8-13-18-9(2)7-10(3)22(13)21-12;1-3-25-17(24)19-14(22)11-6-7-26-16(11)18-15(23)13-10-5-4-9(2)8-12(10)20-21-13/h6-9H,5H2,1-4H3,(H,21,25)(H,22,24,27)(H,19,20,23,26);7-10H,2-6H2,1H3,(H,20,23)(H,21,22,24);5-8H,4H2,1-3H3,(H,19,24)(H,20,23,25);4-8H,3H2,1-2H3,(H,18,23)(H,20,21)(H,19,22,24). The highest BCUT2D eigenvalue weighted by Crippen LogP contribution is 2.29. The predicted octanol–water partition coefficient (Wildman–Crippen LogP) is 11.4. The van der Waals surface area contributed by atoms with Crippen molar-refractivity contribution in [3.05, 3.63) is 174 Å². The van der Waals surface area contributed by atoms with Gasteiger partial charge in [0.2, 0.25) is 11.9 Å². The fourth-order valence-corrected chi connectivity index (χ4v) is 12.7. The van der Waals surface area contributed by atoms with Crippen molar-refractivity contribution in [2.45, 2.75) is 94.9 Å². The van der Waals surface area contributed by atoms with Crippen LogP contribution in [0.5, 0.6) is 0 Å². The van der Waals surface area contributed by atoms with Gasteiger partial charge in [-0.05, 0) is 155 Å². The number of benzene rings is 1. The molecule has 0 radical (unpaired) electrons. The van der Waals surface area contributed by atoms with Gasteiger partial charge in [-0.2, -0.15) is 10.2 Å². The van der Waals surface area contributed by atoms with E-state index in [9.17, 15) is 62.3 Å². The molecule has 10 aromatic rings. The summed E-state index contributed by atoms with van der Waals surface area (Å²) in [4.78, 5) is 173. The SMILES string of the molecule is CCOC(=O)NC(=O)c1ccsc1NC(=O)c1cc2nc(C)cc(C)n2n1.CCOC(=O)NC(=O)c1ccsc1NC(=O)c1ccc2c(n1)CCCC2.CCOC(=O)NC(=O)c1ccsc1NC(=O)c1ccnc(NC(=O)C(C)(C)C)n1.CCOC(=O)NC(=O)c1ccsc1NC(=O)c1n[nH]c2cc(C)ccc12. The zero-order chi connectivity index (χ0) is 78.4. The molecule has 10 N–H and O–H groups in total. The van der Waals surface area contributed by atoms with Crippen LogP contribution < -0.4 is 47.9 Å². The maximum atomic E-state index is 12.6. The Labute approximate surface area is 631 Å². The molecule has 9 aromatic heterocycles. The van der Waals surface area contributed by atoms with E-state index in [0.717, 1.165) is 76.5 Å². The molecule has 0 atom stereocenters. The first-order valence-corrected chi connectivity index (χ1v) is 36.5. The van der Waals surface area contributed by atoms with Gasteiger partial charge in [0.25, 0.3) is 47.3 Å². The van der Waals surface area contributed by atoms with Gasteiger partial charge in [-0.3, -0.25) is 74.8 Å². The number of amides is 13. The number of pyridine rings is 1. The van der Waals surface area contributed by atoms with Crippen LogP contribution in [-0.2, 0) is 36.6 Å². The molecule has 11 rings (SSSR count). The fourth-order valence-electron chi connectivity index (χ4n) is 9.56. The van der Waals surface area contributed by atoms with Gasteiger partial charge in [0, 0.05) is 40.1 Å². The number of aryl methyl sites for hydroxylation is 5. The first-order chi connectivity index (χ1) is 51.6. The number of thiophene rings is 4. The van der Waals surface area contributed by atoms with Crippen molar-refractivity contribution in [1.82, 2.24) is 61.0 Å². The number of nitrogens with zero attached hydrogens (tertiary/aromatic N) is 7. The minimum absolute atomic E-state index is 0.00522. The van der Waals surface area contributed by atoms with E-state index in [1.54, 1.807) is 86.6 Å². The number of nitrogens with one attached hydrogen (secondary N) is 10. The summed E-state index contributed by atoms with van der Waals surface area (Å²) in [6.45, 7) is 18.0. The van der Waals surface area contributed by atoms with E-state index in [1.165, 1.54) is 64.8 Å². The molecule has 0 unspecified atom stereocenters. The Kier molecular flexibility index (Phi) is 28.5. The quantitative estimate of drug-likeness (QED) is 0.0379. The molecular weight excluding hydrogens is 1480 g/mol. The molecule has 108 heavy (non-hydrogen) atoms. The van der Waals surface area contributed by atoms with E-state index in [4.69, 9.17) is 0 Å². The minimum Gasteiger partial charge on any atom is -0.450 e. The van der Waals surface area contributed by atoms with Crippen molar-refractivity contribution in [3.63, 3.8) is 0 Å². The number of alkyl carbamates (subject to hydrolysis) is 4. The van der Waals surface area contributed by atoms with E-state index >= 15 is 0 Å². The van der Waals surface area contributed by atoms with Gasteiger partial charge in [-0.1, -0.05) is 39.0 Å². The number of carbonyl (C=O) groups is 13. The van der Waals surface area contributed by atoms with Gasteiger partial charge in [0.05, 0.1) is 54.2 Å². The van der Waals surface area contributed by atoms with Crippen LogP contribution in [0.25, 0.3) is 16.6 Å². The van der Waals surface area contributed by atoms with Gasteiger partial charge in [-0.25, -0.2) is 43.6 Å². The van der Waals surface area contributed by atoms with Crippen LogP contribution in [0.15, 0.2) is 101 Å². The van der Waals surface area contributed by atoms with Crippen molar-refractivity contribution < 1.29 is 81.3 Å². The number of hydrogen-bond acceptors (Lipinski definition) is 27. The van der Waals surface area contributed by atoms with Gasteiger partial charge < -0.3 is 40.2 Å². The van der Waals surface area contributed by atoms with Crippen molar-refractivity contribution in [3.8, 4) is 0 Å². The molecule has 0 fully saturated rings. The fraction of sp³-hybridized carbons (Fsp3) is 0.271. The summed E-state index contributed by atoms with van der Waals surface area (Å²) in [6.07, 6.45) is 2.05. The summed E-state index contributed by atoms with van der Waals surface area (Å²) < 4.78 is 20.3. The lowest BCUT2D eigenvalue weighted by Gasteiger charge is -2.16. The lowest BCUT2D eigenvalue weighted by molar-refractivity contribution is -0.123. The van der Waals surface area contributed by atoms with Crippen molar-refractivity contribution in [2.24, 2.45) is 5.41 Å². The summed E-state index contributed by atoms with van der Waals surface area (Å²) in [5.74, 6) is -4.87. The molecule has 34 nitrogen and oxygen atoms in total. The van der Waals surface area contributed by atoms with Crippen LogP contribution in [0.3, 0.4) is 0 Å². The molecule has 38 heteroatoms. The summed E-state index contributed by atoms with van der Waals surface area (Å²) in [5, 5.41) is 41.1. The van der Waals surface area contributed by atoms with Crippen LogP contribution in [0.4, 0.5) is 45.1 Å². The van der Waals surface area contributed by atoms with Gasteiger partial charge in [0.1, 0.15) is 31.4 Å². The number of imide groups is 4. The van der Waals surface area contributed by atoms with Crippen molar-refractivity contribution in [1.29, 1.82) is 0 Å². The molecule has 0 saturated carbocycles. The Bertz CT molecular complexity index is 5050. The summed E-state index contributed by atoms with van der Waals surface area (Å²) in [5.41, 5.74) is 6.88. The molecule has 0 aliphatic heterocycles. The number of aromatic nitrogens is 8. The Morgan fingerprint density at radius 2 is 0.926 bits per heavy atom. The third kappa shape index (κ3) is 22.3. The maximum Gasteiger partial charge on any atom is 0.414 e. The largest absolute Gasteiger partial charge is 0.450 e. The van der Waals surface area contributed by atoms with Crippen LogP contribution in [0.2, 0.25) is 0 Å². The van der Waals surface area contributed by atoms with Crippen LogP contribution >= 0.6 is 45.3 Å². The van der Waals surface area contributed by atoms with E-state index in [-0.39, 0.29) is 88.5 Å². The number of carbonyl (C=O) groups excluding carboxylic acids is 13. The van der Waals surface area contributed by atoms with Crippen LogP contribution in [-0.4, -0.2) is 144 Å². The average molecular weight is 1550 g/mol. The molecule has 13 amide bonds. The topological polar surface area (TPSA) is 465 Å². The smallest absolute Gasteiger partial charge is 0.414 e. The summed E-state index contributed by atoms with van der Waals surface area (Å²) >= 11 is 4.63. The predicted molar refractivity (Wildman–Crippen MR) is 401 cm³/mol. The number of rotatable bonds is 17. The average Bonchev–Trinajstić information content (AvgIpc) is 1.64. The highest BCUT2D eigenvalue weighted by Gasteiger charge is 2.27. The molecule has 1 aromatic carbocycles. The second-order valence-corrected chi connectivity index (χ2v) is 27.3. The van der Waals surface area contributed by atoms with E-state index in [1.807, 2.05) is 51.1 Å². The third-order valence-corrected chi connectivity index (χ3v) is 17.9. The molecule has 0 saturated heterocycles. The van der Waals surface area contributed by atoms with E-state index in [2.05, 4.69) is 102 Å². The maximum absolute atomic E-state index is 12.6. The highest BCUT2D eigenvalue weighted by molar-refractivity contribution is 7.15. The van der Waals surface area contributed by atoms with Gasteiger partial charge in [-0.15, -0.1) is 45.3 Å². The molecule has 9 heterocycles. The summed E-state index contributed by atoms with van der Waals surface area (Å²) in [7, 11) is 0. The first kappa shape index (κ1) is 81.1.